The Bertz CT molecular complexity index is 242. The summed E-state index contributed by atoms with van der Waals surface area (Å²) in [4.78, 5) is 0. The molecule has 0 aliphatic carbocycles. The summed E-state index contributed by atoms with van der Waals surface area (Å²) in [5.41, 5.74) is 0. The lowest BCUT2D eigenvalue weighted by Crippen LogP contribution is -2.15. The number of unbranched alkanes of at least 4 members (excludes halogenated alkanes) is 9. The number of rotatable bonds is 17. The average molecular weight is 307 g/mol. The maximum Gasteiger partial charge on any atom is -0.00489 e. The summed E-state index contributed by atoms with van der Waals surface area (Å²) in [6.45, 7) is 8.33. The Morgan fingerprint density at radius 3 is 1.91 bits per heavy atom. The Balaban J connectivity index is 3.11. The SMILES string of the molecule is [CH2]CCNCCCCCCCC/C=C\C/C=C\CCCCC. The molecule has 0 spiro atoms. The van der Waals surface area contributed by atoms with Crippen molar-refractivity contribution < 1.29 is 0 Å². The first-order valence-electron chi connectivity index (χ1n) is 9.71. The summed E-state index contributed by atoms with van der Waals surface area (Å²) in [5, 5.41) is 3.41. The molecule has 0 saturated carbocycles. The number of allylic oxidation sites excluding steroid dienone is 4. The van der Waals surface area contributed by atoms with Gasteiger partial charge in [-0.15, -0.1) is 0 Å². The van der Waals surface area contributed by atoms with Gasteiger partial charge in [-0.2, -0.15) is 0 Å². The maximum absolute atomic E-state index is 3.83. The van der Waals surface area contributed by atoms with Crippen LogP contribution in [0.25, 0.3) is 0 Å². The highest BCUT2D eigenvalue weighted by molar-refractivity contribution is 4.92. The van der Waals surface area contributed by atoms with Gasteiger partial charge in [0, 0.05) is 0 Å². The molecule has 1 heteroatoms. The van der Waals surface area contributed by atoms with Crippen LogP contribution in [0.2, 0.25) is 0 Å². The van der Waals surface area contributed by atoms with Gasteiger partial charge < -0.3 is 5.32 Å². The summed E-state index contributed by atoms with van der Waals surface area (Å²) in [7, 11) is 0. The van der Waals surface area contributed by atoms with Crippen LogP contribution in [0.3, 0.4) is 0 Å². The van der Waals surface area contributed by atoms with Crippen molar-refractivity contribution in [2.24, 2.45) is 0 Å². The predicted octanol–water partition coefficient (Wildman–Crippen LogP) is 6.61. The largest absolute Gasteiger partial charge is 0.317 e. The fraction of sp³-hybridized carbons (Fsp3) is 0.762. The average Bonchev–Trinajstić information content (AvgIpc) is 2.54. The van der Waals surface area contributed by atoms with E-state index in [1.54, 1.807) is 0 Å². The third-order valence-corrected chi connectivity index (χ3v) is 3.91. The van der Waals surface area contributed by atoms with Gasteiger partial charge in [0.05, 0.1) is 0 Å². The Morgan fingerprint density at radius 1 is 0.682 bits per heavy atom. The molecule has 0 aliphatic heterocycles. The van der Waals surface area contributed by atoms with Gasteiger partial charge in [-0.25, -0.2) is 0 Å². The van der Waals surface area contributed by atoms with Gasteiger partial charge >= 0.3 is 0 Å². The van der Waals surface area contributed by atoms with Crippen LogP contribution in [-0.2, 0) is 0 Å². The molecule has 0 rings (SSSR count). The van der Waals surface area contributed by atoms with Gasteiger partial charge in [-0.3, -0.25) is 0 Å². The summed E-state index contributed by atoms with van der Waals surface area (Å²) in [6, 6.07) is 0. The van der Waals surface area contributed by atoms with Gasteiger partial charge in [0.2, 0.25) is 0 Å². The number of hydrogen-bond acceptors (Lipinski definition) is 1. The fourth-order valence-electron chi connectivity index (χ4n) is 2.49. The summed E-state index contributed by atoms with van der Waals surface area (Å²) in [5.74, 6) is 0. The second-order valence-electron chi connectivity index (χ2n) is 6.19. The molecule has 1 N–H and O–H groups in total. The molecule has 129 valence electrons. The van der Waals surface area contributed by atoms with Gasteiger partial charge in [-0.1, -0.05) is 76.7 Å². The van der Waals surface area contributed by atoms with Crippen molar-refractivity contribution in [2.45, 2.75) is 90.4 Å². The van der Waals surface area contributed by atoms with E-state index in [9.17, 15) is 0 Å². The summed E-state index contributed by atoms with van der Waals surface area (Å²) in [6.07, 6.45) is 26.3. The highest BCUT2D eigenvalue weighted by atomic mass is 14.8. The minimum absolute atomic E-state index is 1.00. The standard InChI is InChI=1S/C21H40N/c1-3-5-6-7-8-9-10-11-12-13-14-15-16-17-18-19-21-22-20-4-2/h8-9,11-12,22H,2-7,10,13-21H2,1H3/b9-8-,12-11-. The third-order valence-electron chi connectivity index (χ3n) is 3.91. The minimum Gasteiger partial charge on any atom is -0.317 e. The van der Waals surface area contributed by atoms with Gasteiger partial charge in [-0.05, 0) is 58.0 Å². The molecule has 1 radical (unpaired) electrons. The zero-order valence-corrected chi connectivity index (χ0v) is 15.1. The van der Waals surface area contributed by atoms with E-state index in [0.29, 0.717) is 0 Å². The van der Waals surface area contributed by atoms with E-state index in [-0.39, 0.29) is 0 Å². The second-order valence-corrected chi connectivity index (χ2v) is 6.19. The van der Waals surface area contributed by atoms with Gasteiger partial charge in [0.15, 0.2) is 0 Å². The molecule has 0 aromatic carbocycles. The van der Waals surface area contributed by atoms with Crippen LogP contribution in [0.15, 0.2) is 24.3 Å². The van der Waals surface area contributed by atoms with Crippen molar-refractivity contribution >= 4 is 0 Å². The monoisotopic (exact) mass is 306 g/mol. The Labute approximate surface area is 140 Å². The Hall–Kier alpha value is -0.560. The minimum atomic E-state index is 1.00. The van der Waals surface area contributed by atoms with Gasteiger partial charge in [0.25, 0.3) is 0 Å². The molecule has 0 amide bonds. The number of nitrogens with one attached hydrogen (secondary N) is 1. The first-order chi connectivity index (χ1) is 10.9. The molecule has 0 aromatic heterocycles. The lowest BCUT2D eigenvalue weighted by Gasteiger charge is -2.02. The molecule has 0 aliphatic rings. The van der Waals surface area contributed by atoms with Crippen LogP contribution in [0, 0.1) is 6.92 Å². The first-order valence-corrected chi connectivity index (χ1v) is 9.71. The first kappa shape index (κ1) is 21.4. The van der Waals surface area contributed by atoms with Gasteiger partial charge in [0.1, 0.15) is 0 Å². The molecule has 0 fully saturated rings. The second kappa shape index (κ2) is 20.4. The Kier molecular flexibility index (Phi) is 19.9. The van der Waals surface area contributed by atoms with Crippen molar-refractivity contribution in [1.82, 2.24) is 5.32 Å². The van der Waals surface area contributed by atoms with Crippen LogP contribution in [0.1, 0.15) is 90.4 Å². The molecule has 0 bridgehead atoms. The van der Waals surface area contributed by atoms with Crippen LogP contribution in [-0.4, -0.2) is 13.1 Å². The molecule has 0 heterocycles. The lowest BCUT2D eigenvalue weighted by atomic mass is 10.1. The van der Waals surface area contributed by atoms with Crippen molar-refractivity contribution in [2.75, 3.05) is 13.1 Å². The van der Waals surface area contributed by atoms with Crippen LogP contribution in [0.5, 0.6) is 0 Å². The number of hydrogen-bond donors (Lipinski definition) is 1. The van der Waals surface area contributed by atoms with E-state index in [0.717, 1.165) is 19.4 Å². The van der Waals surface area contributed by atoms with Crippen LogP contribution < -0.4 is 5.32 Å². The molecule has 1 nitrogen and oxygen atoms in total. The summed E-state index contributed by atoms with van der Waals surface area (Å²) < 4.78 is 0. The molecule has 0 saturated heterocycles. The highest BCUT2D eigenvalue weighted by Gasteiger charge is 1.91. The van der Waals surface area contributed by atoms with E-state index in [2.05, 4.69) is 43.5 Å². The molecule has 0 aromatic rings. The highest BCUT2D eigenvalue weighted by Crippen LogP contribution is 2.07. The fourth-order valence-corrected chi connectivity index (χ4v) is 2.49. The van der Waals surface area contributed by atoms with Crippen molar-refractivity contribution in [3.05, 3.63) is 31.2 Å². The van der Waals surface area contributed by atoms with E-state index >= 15 is 0 Å². The van der Waals surface area contributed by atoms with E-state index in [4.69, 9.17) is 0 Å². The molecular formula is C21H40N. The topological polar surface area (TPSA) is 12.0 Å². The lowest BCUT2D eigenvalue weighted by molar-refractivity contribution is 0.568. The smallest absolute Gasteiger partial charge is 0.00489 e. The van der Waals surface area contributed by atoms with E-state index in [1.165, 1.54) is 77.2 Å². The van der Waals surface area contributed by atoms with Crippen molar-refractivity contribution in [3.63, 3.8) is 0 Å². The third kappa shape index (κ3) is 19.4. The molecule has 22 heavy (non-hydrogen) atoms. The normalized spacial score (nSPS) is 11.9. The summed E-state index contributed by atoms with van der Waals surface area (Å²) >= 11 is 0. The van der Waals surface area contributed by atoms with E-state index < -0.39 is 0 Å². The molecular weight excluding hydrogens is 266 g/mol. The predicted molar refractivity (Wildman–Crippen MR) is 102 cm³/mol. The molecule has 0 unspecified atom stereocenters. The zero-order chi connectivity index (χ0) is 16.1. The van der Waals surface area contributed by atoms with Crippen LogP contribution >= 0.6 is 0 Å². The molecule has 0 atom stereocenters. The van der Waals surface area contributed by atoms with Crippen LogP contribution in [0.4, 0.5) is 0 Å². The van der Waals surface area contributed by atoms with Crippen molar-refractivity contribution in [3.8, 4) is 0 Å². The van der Waals surface area contributed by atoms with Crippen molar-refractivity contribution in [1.29, 1.82) is 0 Å². The zero-order valence-electron chi connectivity index (χ0n) is 15.1. The maximum atomic E-state index is 3.83. The quantitative estimate of drug-likeness (QED) is 0.235. The Morgan fingerprint density at radius 2 is 1.27 bits per heavy atom. The van der Waals surface area contributed by atoms with E-state index in [1.807, 2.05) is 0 Å².